The number of β-lactam (4-membered cyclic amide) rings is 1. The number of hydrogen-bond acceptors (Lipinski definition) is 8. The molecule has 0 bridgehead atoms. The summed E-state index contributed by atoms with van der Waals surface area (Å²) in [6.07, 6.45) is 6.78. The summed E-state index contributed by atoms with van der Waals surface area (Å²) in [7, 11) is 3.11. The summed E-state index contributed by atoms with van der Waals surface area (Å²) in [5, 5.41) is 0. The Morgan fingerprint density at radius 3 is 2.67 bits per heavy atom. The molecule has 0 N–H and O–H groups in total. The van der Waals surface area contributed by atoms with Crippen LogP contribution >= 0.6 is 58.2 Å². The summed E-state index contributed by atoms with van der Waals surface area (Å²) < 4.78 is 28.2. The maximum atomic E-state index is 13.3. The second-order valence-electron chi connectivity index (χ2n) is 8.37. The van der Waals surface area contributed by atoms with E-state index in [1.807, 2.05) is 12.1 Å². The maximum Gasteiger partial charge on any atom is 0.259 e. The van der Waals surface area contributed by atoms with Gasteiger partial charge in [-0.25, -0.2) is 0 Å². The van der Waals surface area contributed by atoms with Crippen molar-refractivity contribution in [2.45, 2.75) is 56.8 Å². The van der Waals surface area contributed by atoms with Crippen LogP contribution in [-0.4, -0.2) is 67.9 Å². The predicted molar refractivity (Wildman–Crippen MR) is 147 cm³/mol. The minimum Gasteiger partial charge on any atom is -0.490 e. The second kappa shape index (κ2) is 13.7. The van der Waals surface area contributed by atoms with E-state index in [-0.39, 0.29) is 34.0 Å². The molecule has 33 heavy (non-hydrogen) atoms. The molecule has 12 heteroatoms. The molecule has 0 aromatic carbocycles. The summed E-state index contributed by atoms with van der Waals surface area (Å²) >= 11 is 6.08. The van der Waals surface area contributed by atoms with Gasteiger partial charge in [-0.15, -0.1) is 0 Å². The van der Waals surface area contributed by atoms with Gasteiger partial charge in [0.25, 0.3) is 5.91 Å². The van der Waals surface area contributed by atoms with Gasteiger partial charge in [-0.3, -0.25) is 9.78 Å². The van der Waals surface area contributed by atoms with E-state index in [0.717, 1.165) is 30.2 Å². The van der Waals surface area contributed by atoms with Crippen LogP contribution in [0.4, 0.5) is 0 Å². The minimum atomic E-state index is -1.12. The Kier molecular flexibility index (Phi) is 11.7. The SMILES string of the molecule is COCO[C@@]1(Cc2cc(OC3CCC(C)CC3)ccn2)C(=O)N(COC)[C@H]1COSP(I)I. The number of ether oxygens (including phenoxy) is 4. The Labute approximate surface area is 227 Å². The van der Waals surface area contributed by atoms with Crippen molar-refractivity contribution in [1.29, 1.82) is 0 Å². The van der Waals surface area contributed by atoms with Crippen molar-refractivity contribution >= 4 is 64.1 Å². The number of nitrogens with zero attached hydrogens (tertiary/aromatic N) is 2. The number of aromatic nitrogens is 1. The van der Waals surface area contributed by atoms with E-state index < -0.39 is 5.60 Å². The largest absolute Gasteiger partial charge is 0.490 e. The molecule has 0 unspecified atom stereocenters. The van der Waals surface area contributed by atoms with Crippen molar-refractivity contribution in [2.24, 2.45) is 5.92 Å². The third-order valence-electron chi connectivity index (χ3n) is 6.07. The van der Waals surface area contributed by atoms with E-state index >= 15 is 0 Å². The highest BCUT2D eigenvalue weighted by Gasteiger charge is 2.62. The molecule has 2 heterocycles. The van der Waals surface area contributed by atoms with E-state index in [2.05, 4.69) is 56.0 Å². The second-order valence-corrected chi connectivity index (χ2v) is 26.0. The molecule has 3 rings (SSSR count). The molecule has 1 saturated carbocycles. The average molecular weight is 724 g/mol. The number of amides is 1. The predicted octanol–water partition coefficient (Wildman–Crippen LogP) is 5.52. The standard InChI is InChI=1S/C21H31I2N2O6PS/c1-15-4-6-17(7-5-15)31-18-8-9-24-16(10-18)11-21(29-14-28-3)19(12-30-33-32(22)23)25(13-27-2)20(21)26/h8-10,15,17,19H,4-7,11-14H2,1-3H3/t15?,17?,19-,21+/m0/s1. The molecule has 8 nitrogen and oxygen atoms in total. The van der Waals surface area contributed by atoms with Gasteiger partial charge in [0, 0.05) is 50.3 Å². The van der Waals surface area contributed by atoms with Crippen molar-refractivity contribution in [3.05, 3.63) is 24.0 Å². The van der Waals surface area contributed by atoms with Crippen LogP contribution < -0.4 is 4.74 Å². The molecule has 2 fully saturated rings. The Balaban J connectivity index is 1.76. The third kappa shape index (κ3) is 7.50. The van der Waals surface area contributed by atoms with E-state index in [1.54, 1.807) is 25.3 Å². The number of carbonyl (C=O) groups is 1. The van der Waals surface area contributed by atoms with Crippen molar-refractivity contribution in [1.82, 2.24) is 9.88 Å². The molecule has 1 amide bonds. The maximum absolute atomic E-state index is 13.3. The highest BCUT2D eigenvalue weighted by atomic mass is 127. The molecule has 1 aliphatic heterocycles. The van der Waals surface area contributed by atoms with Gasteiger partial charge >= 0.3 is 0 Å². The molecular weight excluding hydrogens is 693 g/mol. The lowest BCUT2D eigenvalue weighted by Crippen LogP contribution is -2.77. The highest BCUT2D eigenvalue weighted by Crippen LogP contribution is 2.65. The molecule has 0 spiro atoms. The van der Waals surface area contributed by atoms with Crippen molar-refractivity contribution in [3.8, 4) is 5.75 Å². The Morgan fingerprint density at radius 1 is 1.24 bits per heavy atom. The fourth-order valence-electron chi connectivity index (χ4n) is 4.36. The molecule has 0 radical (unpaired) electrons. The molecule has 1 aromatic rings. The van der Waals surface area contributed by atoms with Crippen LogP contribution in [0.2, 0.25) is 0 Å². The van der Waals surface area contributed by atoms with Gasteiger partial charge < -0.3 is 28.0 Å². The van der Waals surface area contributed by atoms with E-state index in [4.69, 9.17) is 23.1 Å². The van der Waals surface area contributed by atoms with Gasteiger partial charge in [-0.1, -0.05) is 6.92 Å². The van der Waals surface area contributed by atoms with E-state index in [0.29, 0.717) is 13.0 Å². The van der Waals surface area contributed by atoms with Crippen LogP contribution in [-0.2, 0) is 29.6 Å². The van der Waals surface area contributed by atoms with Crippen LogP contribution in [0.3, 0.4) is 0 Å². The lowest BCUT2D eigenvalue weighted by molar-refractivity contribution is -0.236. The first-order chi connectivity index (χ1) is 15.9. The number of methoxy groups -OCH3 is 2. The number of carbonyl (C=O) groups excluding carboxylic acids is 1. The fraction of sp³-hybridized carbons (Fsp3) is 0.714. The van der Waals surface area contributed by atoms with Crippen LogP contribution in [0, 0.1) is 5.92 Å². The smallest absolute Gasteiger partial charge is 0.259 e. The van der Waals surface area contributed by atoms with Crippen LogP contribution in [0.1, 0.15) is 38.3 Å². The number of pyridine rings is 1. The van der Waals surface area contributed by atoms with Crippen LogP contribution in [0.15, 0.2) is 18.3 Å². The zero-order valence-electron chi connectivity index (χ0n) is 19.1. The van der Waals surface area contributed by atoms with Gasteiger partial charge in [0.15, 0.2) is 5.60 Å². The number of likely N-dealkylation sites (tertiary alicyclic amines) is 1. The van der Waals surface area contributed by atoms with Gasteiger partial charge in [0.05, 0.1) is 18.8 Å². The Morgan fingerprint density at radius 2 is 2.00 bits per heavy atom. The topological polar surface area (TPSA) is 79.4 Å². The number of hydrogen-bond donors (Lipinski definition) is 0. The van der Waals surface area contributed by atoms with Gasteiger partial charge in [-0.2, -0.15) is 0 Å². The average Bonchev–Trinajstić information content (AvgIpc) is 2.80. The van der Waals surface area contributed by atoms with Crippen LogP contribution in [0.25, 0.3) is 0 Å². The summed E-state index contributed by atoms with van der Waals surface area (Å²) in [6.45, 7) is 2.79. The number of rotatable bonds is 13. The van der Waals surface area contributed by atoms with Crippen molar-refractivity contribution in [3.63, 3.8) is 0 Å². The molecule has 1 aromatic heterocycles. The first-order valence-corrected chi connectivity index (χ1v) is 19.1. The first kappa shape index (κ1) is 28.1. The molecule has 2 aliphatic rings. The highest BCUT2D eigenvalue weighted by molar-refractivity contribution is 14.3. The van der Waals surface area contributed by atoms with Gasteiger partial charge in [0.1, 0.15) is 21.7 Å². The Bertz CT molecular complexity index is 774. The summed E-state index contributed by atoms with van der Waals surface area (Å²) in [5.74, 6) is 1.40. The van der Waals surface area contributed by atoms with Crippen molar-refractivity contribution in [2.75, 3.05) is 34.4 Å². The molecular formula is C21H31I2N2O6PS. The summed E-state index contributed by atoms with van der Waals surface area (Å²) in [5.41, 5.74) is -0.388. The zero-order chi connectivity index (χ0) is 23.8. The van der Waals surface area contributed by atoms with Gasteiger partial charge in [0.2, 0.25) is 0 Å². The third-order valence-corrected chi connectivity index (χ3v) is 9.98. The molecule has 186 valence electrons. The lowest BCUT2D eigenvalue weighted by atomic mass is 9.79. The monoisotopic (exact) mass is 724 g/mol. The molecule has 2 atom stereocenters. The summed E-state index contributed by atoms with van der Waals surface area (Å²) in [6, 6.07) is 3.48. The minimum absolute atomic E-state index is 0.00205. The first-order valence-electron chi connectivity index (χ1n) is 10.9. The normalized spacial score (nSPS) is 27.6. The zero-order valence-corrected chi connectivity index (χ0v) is 25.1. The quantitative estimate of drug-likeness (QED) is 0.0867. The number of halogens is 2. The summed E-state index contributed by atoms with van der Waals surface area (Å²) in [4.78, 5) is 19.4. The van der Waals surface area contributed by atoms with Crippen LogP contribution in [0.5, 0.6) is 5.75 Å². The van der Waals surface area contributed by atoms with Gasteiger partial charge in [-0.05, 0) is 81.7 Å². The molecule has 1 aliphatic carbocycles. The fourth-order valence-corrected chi connectivity index (χ4v) is 7.10. The lowest BCUT2D eigenvalue weighted by Gasteiger charge is -2.54. The van der Waals surface area contributed by atoms with E-state index in [1.165, 1.54) is 24.5 Å². The van der Waals surface area contributed by atoms with E-state index in [9.17, 15) is 4.79 Å². The molecule has 1 saturated heterocycles. The Hall–Kier alpha value is 0.500. The van der Waals surface area contributed by atoms with Crippen molar-refractivity contribution < 1.29 is 27.9 Å².